The molecule has 4 rings (SSSR count). The van der Waals surface area contributed by atoms with Gasteiger partial charge >= 0.3 is 0 Å². The Kier molecular flexibility index (Phi) is 4.93. The summed E-state index contributed by atoms with van der Waals surface area (Å²) < 4.78 is 23.0. The first kappa shape index (κ1) is 18.7. The predicted molar refractivity (Wildman–Crippen MR) is 104 cm³/mol. The number of rotatable bonds is 5. The van der Waals surface area contributed by atoms with E-state index in [2.05, 4.69) is 10.4 Å². The summed E-state index contributed by atoms with van der Waals surface area (Å²) in [5.74, 6) is -0.437. The summed E-state index contributed by atoms with van der Waals surface area (Å²) >= 11 is 0. The standard InChI is InChI=1S/C21H25FN4O2/c1-13-18(11-24-26(13)3)20-17(7-9-28-20)21(27)23-8-6-14-12-25(2)19-10-15(22)4-5-16(14)19/h4-5,10-12,17,20H,6-9H2,1-3H3,(H,23,27)/t17-,20-/m0/s1. The van der Waals surface area contributed by atoms with Crippen LogP contribution in [-0.2, 0) is 30.0 Å². The summed E-state index contributed by atoms with van der Waals surface area (Å²) in [6.45, 7) is 3.10. The number of carbonyl (C=O) groups excluding carboxylic acids is 1. The second-order valence-corrected chi connectivity index (χ2v) is 7.46. The molecule has 3 heterocycles. The molecule has 28 heavy (non-hydrogen) atoms. The molecule has 6 nitrogen and oxygen atoms in total. The minimum absolute atomic E-state index is 0.0111. The number of ether oxygens (including phenoxy) is 1. The molecule has 0 spiro atoms. The minimum Gasteiger partial charge on any atom is -0.373 e. The molecule has 148 valence electrons. The van der Waals surface area contributed by atoms with Crippen LogP contribution in [0.25, 0.3) is 10.9 Å². The molecule has 1 amide bonds. The highest BCUT2D eigenvalue weighted by molar-refractivity contribution is 5.84. The van der Waals surface area contributed by atoms with Gasteiger partial charge in [-0.15, -0.1) is 0 Å². The van der Waals surface area contributed by atoms with Gasteiger partial charge in [0, 0.05) is 50.1 Å². The monoisotopic (exact) mass is 384 g/mol. The summed E-state index contributed by atoms with van der Waals surface area (Å²) in [6, 6.07) is 4.81. The smallest absolute Gasteiger partial charge is 0.226 e. The number of hydrogen-bond donors (Lipinski definition) is 1. The molecule has 0 saturated carbocycles. The molecule has 7 heteroatoms. The molecule has 1 saturated heterocycles. The van der Waals surface area contributed by atoms with E-state index in [1.807, 2.05) is 31.8 Å². The quantitative estimate of drug-likeness (QED) is 0.736. The second-order valence-electron chi connectivity index (χ2n) is 7.46. The highest BCUT2D eigenvalue weighted by Gasteiger charge is 2.36. The summed E-state index contributed by atoms with van der Waals surface area (Å²) in [6.07, 6.45) is 4.95. The van der Waals surface area contributed by atoms with Crippen LogP contribution in [0.1, 0.15) is 29.3 Å². The van der Waals surface area contributed by atoms with E-state index in [9.17, 15) is 9.18 Å². The zero-order valence-corrected chi connectivity index (χ0v) is 16.4. The molecule has 1 aliphatic heterocycles. The second kappa shape index (κ2) is 7.39. The summed E-state index contributed by atoms with van der Waals surface area (Å²) in [5.41, 5.74) is 3.96. The van der Waals surface area contributed by atoms with Crippen molar-refractivity contribution < 1.29 is 13.9 Å². The zero-order valence-electron chi connectivity index (χ0n) is 16.4. The molecule has 0 radical (unpaired) electrons. The van der Waals surface area contributed by atoms with Crippen LogP contribution in [-0.4, -0.2) is 33.4 Å². The predicted octanol–water partition coefficient (Wildman–Crippen LogP) is 2.80. The van der Waals surface area contributed by atoms with E-state index in [0.717, 1.165) is 27.7 Å². The van der Waals surface area contributed by atoms with Crippen molar-refractivity contribution in [2.24, 2.45) is 20.0 Å². The van der Waals surface area contributed by atoms with E-state index >= 15 is 0 Å². The van der Waals surface area contributed by atoms with Crippen LogP contribution < -0.4 is 5.32 Å². The molecular formula is C21H25FN4O2. The number of aryl methyl sites for hydroxylation is 2. The number of fused-ring (bicyclic) bond motifs is 1. The van der Waals surface area contributed by atoms with Gasteiger partial charge in [-0.05, 0) is 43.5 Å². The lowest BCUT2D eigenvalue weighted by atomic mass is 9.95. The van der Waals surface area contributed by atoms with Gasteiger partial charge < -0.3 is 14.6 Å². The minimum atomic E-state index is -0.244. The van der Waals surface area contributed by atoms with Gasteiger partial charge in [0.15, 0.2) is 0 Å². The van der Waals surface area contributed by atoms with Crippen molar-refractivity contribution in [2.45, 2.75) is 25.9 Å². The third-order valence-electron chi connectivity index (χ3n) is 5.74. The molecule has 1 aromatic carbocycles. The molecule has 1 aliphatic rings. The first-order valence-electron chi connectivity index (χ1n) is 9.57. The number of halogens is 1. The number of hydrogen-bond acceptors (Lipinski definition) is 3. The van der Waals surface area contributed by atoms with Gasteiger partial charge in [0.05, 0.1) is 23.7 Å². The van der Waals surface area contributed by atoms with E-state index in [-0.39, 0.29) is 23.7 Å². The van der Waals surface area contributed by atoms with Crippen molar-refractivity contribution in [1.82, 2.24) is 19.7 Å². The van der Waals surface area contributed by atoms with Gasteiger partial charge in [-0.1, -0.05) is 0 Å². The number of carbonyl (C=O) groups is 1. The van der Waals surface area contributed by atoms with Crippen LogP contribution in [0.3, 0.4) is 0 Å². The number of benzene rings is 1. The highest BCUT2D eigenvalue weighted by atomic mass is 19.1. The normalized spacial score (nSPS) is 19.4. The van der Waals surface area contributed by atoms with Gasteiger partial charge in [0.25, 0.3) is 0 Å². The van der Waals surface area contributed by atoms with Crippen molar-refractivity contribution in [3.05, 3.63) is 53.2 Å². The Balaban J connectivity index is 1.41. The van der Waals surface area contributed by atoms with Crippen LogP contribution in [0.4, 0.5) is 4.39 Å². The Morgan fingerprint density at radius 2 is 2.21 bits per heavy atom. The van der Waals surface area contributed by atoms with Crippen molar-refractivity contribution in [2.75, 3.05) is 13.2 Å². The van der Waals surface area contributed by atoms with E-state index in [4.69, 9.17) is 4.74 Å². The third kappa shape index (κ3) is 3.30. The molecule has 1 fully saturated rings. The SMILES string of the molecule is Cc1c([C@H]2OCC[C@@H]2C(=O)NCCc2cn(C)c3cc(F)ccc23)cnn1C. The summed E-state index contributed by atoms with van der Waals surface area (Å²) in [7, 11) is 3.79. The Morgan fingerprint density at radius 3 is 2.96 bits per heavy atom. The van der Waals surface area contributed by atoms with Gasteiger partial charge in [-0.3, -0.25) is 9.48 Å². The van der Waals surface area contributed by atoms with E-state index in [1.54, 1.807) is 16.9 Å². The highest BCUT2D eigenvalue weighted by Crippen LogP contribution is 2.36. The topological polar surface area (TPSA) is 61.1 Å². The molecule has 1 N–H and O–H groups in total. The van der Waals surface area contributed by atoms with Gasteiger partial charge in [0.1, 0.15) is 5.82 Å². The van der Waals surface area contributed by atoms with Crippen molar-refractivity contribution >= 4 is 16.8 Å². The molecule has 2 atom stereocenters. The zero-order chi connectivity index (χ0) is 19.8. The fraction of sp³-hybridized carbons (Fsp3) is 0.429. The summed E-state index contributed by atoms with van der Waals surface area (Å²) in [4.78, 5) is 12.8. The number of aromatic nitrogens is 3. The van der Waals surface area contributed by atoms with E-state index in [1.165, 1.54) is 12.1 Å². The maximum atomic E-state index is 13.5. The van der Waals surface area contributed by atoms with Crippen LogP contribution >= 0.6 is 0 Å². The fourth-order valence-electron chi connectivity index (χ4n) is 4.05. The number of nitrogens with zero attached hydrogens (tertiary/aromatic N) is 3. The lowest BCUT2D eigenvalue weighted by molar-refractivity contribution is -0.126. The molecule has 2 aromatic heterocycles. The average molecular weight is 384 g/mol. The lowest BCUT2D eigenvalue weighted by Crippen LogP contribution is -2.33. The van der Waals surface area contributed by atoms with Crippen LogP contribution in [0.15, 0.2) is 30.6 Å². The fourth-order valence-corrected chi connectivity index (χ4v) is 4.05. The number of nitrogens with one attached hydrogen (secondary N) is 1. The van der Waals surface area contributed by atoms with Crippen LogP contribution in [0, 0.1) is 18.7 Å². The molecule has 0 bridgehead atoms. The van der Waals surface area contributed by atoms with E-state index in [0.29, 0.717) is 26.0 Å². The lowest BCUT2D eigenvalue weighted by Gasteiger charge is -2.18. The van der Waals surface area contributed by atoms with E-state index < -0.39 is 0 Å². The van der Waals surface area contributed by atoms with Crippen LogP contribution in [0.2, 0.25) is 0 Å². The van der Waals surface area contributed by atoms with Crippen molar-refractivity contribution in [1.29, 1.82) is 0 Å². The molecule has 3 aromatic rings. The maximum absolute atomic E-state index is 13.5. The van der Waals surface area contributed by atoms with Crippen molar-refractivity contribution in [3.8, 4) is 0 Å². The maximum Gasteiger partial charge on any atom is 0.226 e. The molecule has 0 unspecified atom stereocenters. The molecular weight excluding hydrogens is 359 g/mol. The average Bonchev–Trinajstić information content (AvgIpc) is 3.35. The first-order chi connectivity index (χ1) is 13.5. The molecule has 0 aliphatic carbocycles. The van der Waals surface area contributed by atoms with Crippen molar-refractivity contribution in [3.63, 3.8) is 0 Å². The summed E-state index contributed by atoms with van der Waals surface area (Å²) in [5, 5.41) is 8.34. The Hall–Kier alpha value is -2.67. The van der Waals surface area contributed by atoms with Gasteiger partial charge in [-0.2, -0.15) is 5.10 Å². The number of amides is 1. The van der Waals surface area contributed by atoms with Gasteiger partial charge in [0.2, 0.25) is 5.91 Å². The third-order valence-corrected chi connectivity index (χ3v) is 5.74. The Morgan fingerprint density at radius 1 is 1.39 bits per heavy atom. The Labute approximate surface area is 163 Å². The van der Waals surface area contributed by atoms with Crippen LogP contribution in [0.5, 0.6) is 0 Å². The Bertz CT molecular complexity index is 1020. The van der Waals surface area contributed by atoms with Gasteiger partial charge in [-0.25, -0.2) is 4.39 Å². The first-order valence-corrected chi connectivity index (χ1v) is 9.57. The largest absolute Gasteiger partial charge is 0.373 e.